The van der Waals surface area contributed by atoms with Gasteiger partial charge in [-0.2, -0.15) is 24.5 Å². The van der Waals surface area contributed by atoms with E-state index < -0.39 is 29.2 Å². The van der Waals surface area contributed by atoms with Crippen LogP contribution in [0.1, 0.15) is 26.3 Å². The van der Waals surface area contributed by atoms with E-state index in [0.717, 1.165) is 12.1 Å². The highest BCUT2D eigenvalue weighted by molar-refractivity contribution is 7.08. The van der Waals surface area contributed by atoms with Crippen LogP contribution >= 0.6 is 11.3 Å². The molecule has 0 aliphatic heterocycles. The number of alkyl halides is 3. The van der Waals surface area contributed by atoms with Gasteiger partial charge in [0.05, 0.1) is 22.4 Å². The molecular formula is C13H8F3NO3S. The van der Waals surface area contributed by atoms with Gasteiger partial charge in [-0.3, -0.25) is 4.79 Å². The minimum absolute atomic E-state index is 0.188. The summed E-state index contributed by atoms with van der Waals surface area (Å²) in [4.78, 5) is 22.9. The summed E-state index contributed by atoms with van der Waals surface area (Å²) < 4.78 is 37.7. The molecule has 0 radical (unpaired) electrons. The van der Waals surface area contributed by atoms with Crippen LogP contribution in [0.3, 0.4) is 0 Å². The zero-order chi connectivity index (χ0) is 15.6. The molecular weight excluding hydrogens is 307 g/mol. The highest BCUT2D eigenvalue weighted by Gasteiger charge is 2.32. The van der Waals surface area contributed by atoms with Gasteiger partial charge in [-0.1, -0.05) is 0 Å². The fourth-order valence-corrected chi connectivity index (χ4v) is 2.23. The first kappa shape index (κ1) is 15.0. The van der Waals surface area contributed by atoms with Crippen LogP contribution in [-0.4, -0.2) is 17.0 Å². The van der Waals surface area contributed by atoms with Gasteiger partial charge in [-0.25, -0.2) is 4.79 Å². The van der Waals surface area contributed by atoms with Crippen molar-refractivity contribution in [3.8, 4) is 0 Å². The molecule has 1 amide bonds. The molecule has 21 heavy (non-hydrogen) atoms. The van der Waals surface area contributed by atoms with Crippen LogP contribution in [0.5, 0.6) is 0 Å². The molecule has 0 atom stereocenters. The molecule has 0 fully saturated rings. The van der Waals surface area contributed by atoms with Crippen LogP contribution in [-0.2, 0) is 6.18 Å². The molecule has 1 aromatic carbocycles. The molecule has 2 N–H and O–H groups in total. The number of halogens is 3. The second-order valence-electron chi connectivity index (χ2n) is 4.03. The summed E-state index contributed by atoms with van der Waals surface area (Å²) in [5, 5.41) is 14.5. The Bertz CT molecular complexity index is 680. The first-order chi connectivity index (χ1) is 9.79. The van der Waals surface area contributed by atoms with Crippen molar-refractivity contribution in [2.75, 3.05) is 5.32 Å². The third-order valence-electron chi connectivity index (χ3n) is 2.61. The maximum Gasteiger partial charge on any atom is 0.416 e. The molecule has 0 unspecified atom stereocenters. The van der Waals surface area contributed by atoms with E-state index in [9.17, 15) is 22.8 Å². The monoisotopic (exact) mass is 315 g/mol. The summed E-state index contributed by atoms with van der Waals surface area (Å²) in [6, 6.07) is 3.66. The lowest BCUT2D eigenvalue weighted by atomic mass is 10.1. The maximum absolute atomic E-state index is 12.6. The van der Waals surface area contributed by atoms with Gasteiger partial charge in [-0.05, 0) is 29.6 Å². The number of thiophene rings is 1. The van der Waals surface area contributed by atoms with Crippen molar-refractivity contribution in [1.82, 2.24) is 0 Å². The van der Waals surface area contributed by atoms with Crippen LogP contribution in [0.2, 0.25) is 0 Å². The van der Waals surface area contributed by atoms with Crippen molar-refractivity contribution in [2.24, 2.45) is 0 Å². The molecule has 1 aromatic heterocycles. The topological polar surface area (TPSA) is 66.4 Å². The Morgan fingerprint density at radius 2 is 1.90 bits per heavy atom. The first-order valence-electron chi connectivity index (χ1n) is 5.57. The minimum atomic E-state index is -4.65. The lowest BCUT2D eigenvalue weighted by Gasteiger charge is -2.11. The van der Waals surface area contributed by atoms with E-state index in [0.29, 0.717) is 11.6 Å². The Morgan fingerprint density at radius 1 is 1.19 bits per heavy atom. The number of anilines is 1. The van der Waals surface area contributed by atoms with Crippen LogP contribution in [0.4, 0.5) is 18.9 Å². The molecule has 2 rings (SSSR count). The predicted octanol–water partition coefficient (Wildman–Crippen LogP) is 3.72. The molecule has 0 aliphatic carbocycles. The van der Waals surface area contributed by atoms with Crippen LogP contribution < -0.4 is 5.32 Å². The quantitative estimate of drug-likeness (QED) is 0.907. The number of amides is 1. The molecule has 8 heteroatoms. The number of benzene rings is 1. The van der Waals surface area contributed by atoms with Gasteiger partial charge in [0.15, 0.2) is 0 Å². The number of rotatable bonds is 3. The molecule has 4 nitrogen and oxygen atoms in total. The third kappa shape index (κ3) is 3.40. The average Bonchev–Trinajstić information content (AvgIpc) is 2.91. The van der Waals surface area contributed by atoms with Crippen molar-refractivity contribution in [3.63, 3.8) is 0 Å². The normalized spacial score (nSPS) is 11.2. The zero-order valence-corrected chi connectivity index (χ0v) is 11.1. The standard InChI is InChI=1S/C13H8F3NO3S/c14-13(15,16)8-1-2-10(9(5-8)12(19)20)17-11(18)7-3-4-21-6-7/h1-6H,(H,17,18)(H,19,20). The Balaban J connectivity index is 2.35. The van der Waals surface area contributed by atoms with E-state index >= 15 is 0 Å². The summed E-state index contributed by atoms with van der Waals surface area (Å²) in [7, 11) is 0. The van der Waals surface area contributed by atoms with Gasteiger partial charge in [0.1, 0.15) is 0 Å². The third-order valence-corrected chi connectivity index (χ3v) is 3.29. The number of carboxylic acids is 1. The summed E-state index contributed by atoms with van der Waals surface area (Å²) in [5.74, 6) is -2.14. The largest absolute Gasteiger partial charge is 0.478 e. The van der Waals surface area contributed by atoms with E-state index in [4.69, 9.17) is 5.11 Å². The number of aromatic carboxylic acids is 1. The number of nitrogens with one attached hydrogen (secondary N) is 1. The number of carboxylic acid groups (broad SMARTS) is 1. The zero-order valence-electron chi connectivity index (χ0n) is 10.3. The van der Waals surface area contributed by atoms with Gasteiger partial charge in [0, 0.05) is 5.38 Å². The first-order valence-corrected chi connectivity index (χ1v) is 6.51. The van der Waals surface area contributed by atoms with Gasteiger partial charge in [0.25, 0.3) is 5.91 Å². The molecule has 2 aromatic rings. The maximum atomic E-state index is 12.6. The molecule has 0 aliphatic rings. The number of carbonyl (C=O) groups excluding carboxylic acids is 1. The fraction of sp³-hybridized carbons (Fsp3) is 0.0769. The van der Waals surface area contributed by atoms with Gasteiger partial charge in [0.2, 0.25) is 0 Å². The number of hydrogen-bond donors (Lipinski definition) is 2. The lowest BCUT2D eigenvalue weighted by Crippen LogP contribution is -2.15. The van der Waals surface area contributed by atoms with Gasteiger partial charge < -0.3 is 10.4 Å². The molecule has 0 saturated heterocycles. The Labute approximate surface area is 120 Å². The lowest BCUT2D eigenvalue weighted by molar-refractivity contribution is -0.137. The van der Waals surface area contributed by atoms with Gasteiger partial charge >= 0.3 is 12.1 Å². The number of carbonyl (C=O) groups is 2. The van der Waals surface area contributed by atoms with E-state index in [1.54, 1.807) is 10.8 Å². The summed E-state index contributed by atoms with van der Waals surface area (Å²) >= 11 is 1.27. The van der Waals surface area contributed by atoms with E-state index in [1.807, 2.05) is 0 Å². The second kappa shape index (κ2) is 5.57. The Hall–Kier alpha value is -2.35. The van der Waals surface area contributed by atoms with E-state index in [-0.39, 0.29) is 5.69 Å². The number of hydrogen-bond acceptors (Lipinski definition) is 3. The molecule has 110 valence electrons. The smallest absolute Gasteiger partial charge is 0.416 e. The fourth-order valence-electron chi connectivity index (χ4n) is 1.59. The summed E-state index contributed by atoms with van der Waals surface area (Å²) in [6.45, 7) is 0. The molecule has 0 bridgehead atoms. The van der Waals surface area contributed by atoms with Crippen LogP contribution in [0, 0.1) is 0 Å². The SMILES string of the molecule is O=C(Nc1ccc(C(F)(F)F)cc1C(=O)O)c1ccsc1. The predicted molar refractivity (Wildman–Crippen MR) is 70.7 cm³/mol. The van der Waals surface area contributed by atoms with Crippen molar-refractivity contribution in [1.29, 1.82) is 0 Å². The second-order valence-corrected chi connectivity index (χ2v) is 4.81. The van der Waals surface area contributed by atoms with E-state index in [2.05, 4.69) is 5.32 Å². The summed E-state index contributed by atoms with van der Waals surface area (Å²) in [6.07, 6.45) is -4.65. The van der Waals surface area contributed by atoms with Crippen molar-refractivity contribution in [2.45, 2.75) is 6.18 Å². The molecule has 1 heterocycles. The highest BCUT2D eigenvalue weighted by atomic mass is 32.1. The van der Waals surface area contributed by atoms with Crippen molar-refractivity contribution >= 4 is 28.9 Å². The average molecular weight is 315 g/mol. The van der Waals surface area contributed by atoms with Crippen LogP contribution in [0.15, 0.2) is 35.0 Å². The van der Waals surface area contributed by atoms with Crippen molar-refractivity contribution in [3.05, 3.63) is 51.7 Å². The summed E-state index contributed by atoms with van der Waals surface area (Å²) in [5.41, 5.74) is -1.59. The Morgan fingerprint density at radius 3 is 2.43 bits per heavy atom. The Kier molecular flexibility index (Phi) is 3.99. The minimum Gasteiger partial charge on any atom is -0.478 e. The molecule has 0 spiro atoms. The van der Waals surface area contributed by atoms with Crippen molar-refractivity contribution < 1.29 is 27.9 Å². The molecule has 0 saturated carbocycles. The van der Waals surface area contributed by atoms with E-state index in [1.165, 1.54) is 17.4 Å². The van der Waals surface area contributed by atoms with Gasteiger partial charge in [-0.15, -0.1) is 0 Å². The highest BCUT2D eigenvalue weighted by Crippen LogP contribution is 2.32. The van der Waals surface area contributed by atoms with Crippen LogP contribution in [0.25, 0.3) is 0 Å².